The molecule has 6 heteroatoms. The second kappa shape index (κ2) is 14.1. The number of likely N-dealkylation sites (N-methyl/N-ethyl adjacent to an activating group) is 1. The molecule has 1 fully saturated rings. The van der Waals surface area contributed by atoms with Gasteiger partial charge in [0.05, 0.1) is 5.69 Å². The summed E-state index contributed by atoms with van der Waals surface area (Å²) in [5, 5.41) is 0. The molecule has 0 aromatic heterocycles. The Kier molecular flexibility index (Phi) is 11.1. The first-order chi connectivity index (χ1) is 15.7. The average molecular weight is 434 g/mol. The quantitative estimate of drug-likeness (QED) is 0.476. The Labute approximate surface area is 192 Å². The highest BCUT2D eigenvalue weighted by molar-refractivity contribution is 5.81. The third-order valence-electron chi connectivity index (χ3n) is 5.46. The molecule has 3 rings (SSSR count). The minimum absolute atomic E-state index is 0.699. The fourth-order valence-corrected chi connectivity index (χ4v) is 3.62. The van der Waals surface area contributed by atoms with E-state index in [2.05, 4.69) is 63.4 Å². The summed E-state index contributed by atoms with van der Waals surface area (Å²) in [7, 11) is 1.50. The highest BCUT2D eigenvalue weighted by atomic mass is 16.1. The molecule has 2 aromatic rings. The summed E-state index contributed by atoms with van der Waals surface area (Å²) in [6.45, 7) is 11.3. The number of aldehydes is 1. The highest BCUT2D eigenvalue weighted by Crippen LogP contribution is 2.21. The van der Waals surface area contributed by atoms with E-state index >= 15 is 0 Å². The maximum absolute atomic E-state index is 11.0. The van der Waals surface area contributed by atoms with Gasteiger partial charge in [-0.1, -0.05) is 25.1 Å². The predicted octanol–water partition coefficient (Wildman–Crippen LogP) is 4.14. The first-order valence-corrected chi connectivity index (χ1v) is 11.1. The van der Waals surface area contributed by atoms with E-state index < -0.39 is 0 Å². The number of carbonyl (C=O) groups excluding carboxylic acids is 1. The van der Waals surface area contributed by atoms with Gasteiger partial charge in [0.15, 0.2) is 0 Å². The van der Waals surface area contributed by atoms with Crippen molar-refractivity contribution in [3.8, 4) is 0 Å². The fraction of sp³-hybridized carbons (Fsp3) is 0.346. The van der Waals surface area contributed by atoms with Crippen LogP contribution in [0.25, 0.3) is 0 Å². The molecule has 1 aliphatic heterocycles. The van der Waals surface area contributed by atoms with Crippen LogP contribution >= 0.6 is 0 Å². The van der Waals surface area contributed by atoms with Crippen LogP contribution < -0.4 is 10.6 Å². The molecular formula is C26H35N5O. The Balaban J connectivity index is 0.00000176. The minimum Gasteiger partial charge on any atom is -0.369 e. The van der Waals surface area contributed by atoms with Crippen molar-refractivity contribution in [3.63, 3.8) is 0 Å². The largest absolute Gasteiger partial charge is 0.369 e. The highest BCUT2D eigenvalue weighted by Gasteiger charge is 2.15. The van der Waals surface area contributed by atoms with Gasteiger partial charge in [0.1, 0.15) is 6.29 Å². The van der Waals surface area contributed by atoms with E-state index in [1.165, 1.54) is 12.7 Å². The number of rotatable bonds is 9. The lowest BCUT2D eigenvalue weighted by molar-refractivity contribution is 0.112. The van der Waals surface area contributed by atoms with Crippen molar-refractivity contribution in [2.45, 2.75) is 19.8 Å². The van der Waals surface area contributed by atoms with E-state index in [0.717, 1.165) is 68.7 Å². The van der Waals surface area contributed by atoms with Crippen molar-refractivity contribution in [2.75, 3.05) is 44.7 Å². The van der Waals surface area contributed by atoms with Crippen molar-refractivity contribution in [1.82, 2.24) is 4.90 Å². The topological polar surface area (TPSA) is 74.3 Å². The standard InChI is InChI=1S/C25H30N4O.CH5N/c1-3-28-13-15-29(16-14-28)25-11-9-24(10-12-25)27-19-23(18-26-2)8-7-21-5-4-6-22(17-21)20-30;1-2/h4-6,9-12,17-20H,2-3,7-8,13-16H2,1H3;2H2,1H3/b23-18-,27-19?;. The van der Waals surface area contributed by atoms with Gasteiger partial charge in [0.2, 0.25) is 0 Å². The van der Waals surface area contributed by atoms with Crippen molar-refractivity contribution >= 4 is 30.6 Å². The number of aliphatic imine (C=N–C) groups is 2. The zero-order valence-corrected chi connectivity index (χ0v) is 19.3. The Morgan fingerprint density at radius 3 is 2.44 bits per heavy atom. The molecule has 0 unspecified atom stereocenters. The van der Waals surface area contributed by atoms with E-state index in [4.69, 9.17) is 0 Å². The molecule has 0 radical (unpaired) electrons. The number of piperazine rings is 1. The number of aryl methyl sites for hydroxylation is 1. The third kappa shape index (κ3) is 7.87. The zero-order valence-electron chi connectivity index (χ0n) is 19.3. The summed E-state index contributed by atoms with van der Waals surface area (Å²) < 4.78 is 0. The Bertz CT molecular complexity index is 897. The normalized spacial score (nSPS) is 14.7. The number of allylic oxidation sites excluding steroid dienone is 1. The fourth-order valence-electron chi connectivity index (χ4n) is 3.62. The van der Waals surface area contributed by atoms with Crippen LogP contribution in [0.15, 0.2) is 70.3 Å². The summed E-state index contributed by atoms with van der Waals surface area (Å²) in [4.78, 5) is 24.4. The van der Waals surface area contributed by atoms with Gasteiger partial charge in [-0.05, 0) is 74.6 Å². The molecule has 0 saturated carbocycles. The maximum atomic E-state index is 11.0. The summed E-state index contributed by atoms with van der Waals surface area (Å²) in [6, 6.07) is 16.1. The number of nitrogens with zero attached hydrogens (tertiary/aromatic N) is 4. The Morgan fingerprint density at radius 2 is 1.81 bits per heavy atom. The number of carbonyl (C=O) groups is 1. The predicted molar refractivity (Wildman–Crippen MR) is 137 cm³/mol. The van der Waals surface area contributed by atoms with E-state index in [1.54, 1.807) is 6.20 Å². The Hall–Kier alpha value is -3.09. The number of benzene rings is 2. The second-order valence-corrected chi connectivity index (χ2v) is 7.45. The van der Waals surface area contributed by atoms with E-state index in [1.807, 2.05) is 30.5 Å². The molecular weight excluding hydrogens is 398 g/mol. The minimum atomic E-state index is 0.699. The summed E-state index contributed by atoms with van der Waals surface area (Å²) in [5.74, 6) is 0. The number of hydrogen-bond acceptors (Lipinski definition) is 6. The molecule has 6 nitrogen and oxygen atoms in total. The molecule has 0 aliphatic carbocycles. The maximum Gasteiger partial charge on any atom is 0.150 e. The van der Waals surface area contributed by atoms with Crippen LogP contribution in [0.4, 0.5) is 11.4 Å². The first-order valence-electron chi connectivity index (χ1n) is 11.1. The summed E-state index contributed by atoms with van der Waals surface area (Å²) >= 11 is 0. The van der Waals surface area contributed by atoms with Crippen molar-refractivity contribution < 1.29 is 4.79 Å². The number of nitrogens with two attached hydrogens (primary N) is 1. The van der Waals surface area contributed by atoms with Crippen LogP contribution in [-0.2, 0) is 6.42 Å². The lowest BCUT2D eigenvalue weighted by atomic mass is 10.0. The monoisotopic (exact) mass is 433 g/mol. The zero-order chi connectivity index (χ0) is 23.2. The van der Waals surface area contributed by atoms with Crippen LogP contribution in [-0.4, -0.2) is 63.9 Å². The van der Waals surface area contributed by atoms with E-state index in [-0.39, 0.29) is 0 Å². The van der Waals surface area contributed by atoms with Gasteiger partial charge in [-0.2, -0.15) is 0 Å². The SMILES string of the molecule is C=N/C=C(\C=Nc1ccc(N2CCN(CC)CC2)cc1)CCc1cccc(C=O)c1.CN. The smallest absolute Gasteiger partial charge is 0.150 e. The molecule has 0 spiro atoms. The molecule has 0 amide bonds. The molecule has 1 heterocycles. The van der Waals surface area contributed by atoms with Crippen molar-refractivity contribution in [1.29, 1.82) is 0 Å². The number of anilines is 1. The van der Waals surface area contributed by atoms with Crippen LogP contribution in [0.2, 0.25) is 0 Å². The van der Waals surface area contributed by atoms with Gasteiger partial charge in [-0.3, -0.25) is 14.8 Å². The molecule has 0 atom stereocenters. The van der Waals surface area contributed by atoms with Crippen LogP contribution in [0, 0.1) is 0 Å². The van der Waals surface area contributed by atoms with E-state index in [9.17, 15) is 4.79 Å². The average Bonchev–Trinajstić information content (AvgIpc) is 2.87. The van der Waals surface area contributed by atoms with Crippen LogP contribution in [0.3, 0.4) is 0 Å². The molecule has 1 saturated heterocycles. The van der Waals surface area contributed by atoms with Crippen molar-refractivity contribution in [3.05, 3.63) is 71.4 Å². The molecule has 170 valence electrons. The first kappa shape index (κ1) is 25.2. The van der Waals surface area contributed by atoms with Crippen molar-refractivity contribution in [2.24, 2.45) is 15.7 Å². The summed E-state index contributed by atoms with van der Waals surface area (Å²) in [5.41, 5.74) is 9.49. The van der Waals surface area contributed by atoms with Gasteiger partial charge in [0.25, 0.3) is 0 Å². The van der Waals surface area contributed by atoms with Gasteiger partial charge >= 0.3 is 0 Å². The Morgan fingerprint density at radius 1 is 1.09 bits per heavy atom. The molecule has 0 bridgehead atoms. The molecule has 2 N–H and O–H groups in total. The van der Waals surface area contributed by atoms with Gasteiger partial charge in [0, 0.05) is 49.8 Å². The van der Waals surface area contributed by atoms with Gasteiger partial charge in [-0.25, -0.2) is 0 Å². The summed E-state index contributed by atoms with van der Waals surface area (Å²) in [6.07, 6.45) is 6.07. The van der Waals surface area contributed by atoms with Gasteiger partial charge < -0.3 is 15.5 Å². The van der Waals surface area contributed by atoms with E-state index in [0.29, 0.717) is 5.56 Å². The van der Waals surface area contributed by atoms with Crippen LogP contribution in [0.1, 0.15) is 29.3 Å². The third-order valence-corrected chi connectivity index (χ3v) is 5.46. The second-order valence-electron chi connectivity index (χ2n) is 7.45. The molecule has 1 aliphatic rings. The lowest BCUT2D eigenvalue weighted by Gasteiger charge is -2.35. The lowest BCUT2D eigenvalue weighted by Crippen LogP contribution is -2.46. The van der Waals surface area contributed by atoms with Crippen LogP contribution in [0.5, 0.6) is 0 Å². The molecule has 2 aromatic carbocycles. The number of hydrogen-bond donors (Lipinski definition) is 1. The van der Waals surface area contributed by atoms with Gasteiger partial charge in [-0.15, -0.1) is 0 Å². The molecule has 32 heavy (non-hydrogen) atoms.